The molecule has 0 saturated carbocycles. The van der Waals surface area contributed by atoms with Crippen molar-refractivity contribution in [3.63, 3.8) is 0 Å². The van der Waals surface area contributed by atoms with E-state index < -0.39 is 0 Å². The van der Waals surface area contributed by atoms with E-state index in [0.29, 0.717) is 12.4 Å². The van der Waals surface area contributed by atoms with Gasteiger partial charge in [-0.05, 0) is 31.2 Å². The fourth-order valence-corrected chi connectivity index (χ4v) is 1.77. The minimum atomic E-state index is -0.106. The number of aromatic nitrogens is 1. The van der Waals surface area contributed by atoms with Crippen LogP contribution >= 0.6 is 15.9 Å². The Labute approximate surface area is 119 Å². The van der Waals surface area contributed by atoms with Gasteiger partial charge in [0, 0.05) is 10.2 Å². The number of anilines is 1. The van der Waals surface area contributed by atoms with Crippen molar-refractivity contribution in [1.82, 2.24) is 10.3 Å². The monoisotopic (exact) mass is 323 g/mol. The second-order valence-corrected chi connectivity index (χ2v) is 4.94. The normalized spacial score (nSPS) is 10.4. The molecular weight excluding hydrogens is 310 g/mol. The van der Waals surface area contributed by atoms with Gasteiger partial charge in [-0.2, -0.15) is 0 Å². The number of nitrogens with one attached hydrogen (secondary N) is 2. The molecule has 0 atom stereocenters. The zero-order valence-electron chi connectivity index (χ0n) is 10.4. The van der Waals surface area contributed by atoms with Crippen molar-refractivity contribution in [2.45, 2.75) is 13.5 Å². The van der Waals surface area contributed by atoms with E-state index in [9.17, 15) is 4.79 Å². The van der Waals surface area contributed by atoms with E-state index in [1.165, 1.54) is 0 Å². The van der Waals surface area contributed by atoms with E-state index in [0.717, 1.165) is 15.9 Å². The maximum Gasteiger partial charge on any atom is 0.238 e. The van der Waals surface area contributed by atoms with E-state index in [4.69, 9.17) is 4.42 Å². The van der Waals surface area contributed by atoms with Crippen LogP contribution in [0.2, 0.25) is 0 Å². The Balaban J connectivity index is 1.74. The van der Waals surface area contributed by atoms with Gasteiger partial charge < -0.3 is 9.73 Å². The van der Waals surface area contributed by atoms with Crippen LogP contribution < -0.4 is 10.6 Å². The lowest BCUT2D eigenvalue weighted by Gasteiger charge is -2.05. The quantitative estimate of drug-likeness (QED) is 0.887. The minimum absolute atomic E-state index is 0.106. The van der Waals surface area contributed by atoms with Gasteiger partial charge in [0.2, 0.25) is 11.8 Å². The lowest BCUT2D eigenvalue weighted by atomic mass is 10.3. The van der Waals surface area contributed by atoms with Crippen molar-refractivity contribution in [3.8, 4) is 0 Å². The third kappa shape index (κ3) is 4.50. The first-order chi connectivity index (χ1) is 9.13. The number of aryl methyl sites for hydroxylation is 1. The molecule has 100 valence electrons. The third-order valence-electron chi connectivity index (χ3n) is 2.36. The SMILES string of the molecule is Cc1cnc(CNCC(=O)Nc2ccc(Br)cc2)o1. The maximum absolute atomic E-state index is 11.7. The predicted octanol–water partition coefficient (Wildman–Crippen LogP) is 2.47. The van der Waals surface area contributed by atoms with Crippen LogP contribution in [0.5, 0.6) is 0 Å². The maximum atomic E-state index is 11.7. The van der Waals surface area contributed by atoms with Gasteiger partial charge >= 0.3 is 0 Å². The first kappa shape index (κ1) is 13.8. The molecule has 2 N–H and O–H groups in total. The summed E-state index contributed by atoms with van der Waals surface area (Å²) in [4.78, 5) is 15.7. The molecule has 1 aromatic carbocycles. The molecular formula is C13H14BrN3O2. The van der Waals surface area contributed by atoms with E-state index >= 15 is 0 Å². The molecule has 19 heavy (non-hydrogen) atoms. The average molecular weight is 324 g/mol. The highest BCUT2D eigenvalue weighted by atomic mass is 79.9. The molecule has 0 fully saturated rings. The van der Waals surface area contributed by atoms with Crippen molar-refractivity contribution in [2.75, 3.05) is 11.9 Å². The summed E-state index contributed by atoms with van der Waals surface area (Å²) < 4.78 is 6.26. The first-order valence-electron chi connectivity index (χ1n) is 5.81. The molecule has 5 nitrogen and oxygen atoms in total. The molecule has 1 amide bonds. The van der Waals surface area contributed by atoms with E-state index in [-0.39, 0.29) is 12.5 Å². The molecule has 0 aliphatic rings. The highest BCUT2D eigenvalue weighted by molar-refractivity contribution is 9.10. The fraction of sp³-hybridized carbons (Fsp3) is 0.231. The molecule has 0 radical (unpaired) electrons. The van der Waals surface area contributed by atoms with Crippen molar-refractivity contribution < 1.29 is 9.21 Å². The summed E-state index contributed by atoms with van der Waals surface area (Å²) in [6.45, 7) is 2.47. The fourth-order valence-electron chi connectivity index (χ4n) is 1.50. The molecule has 2 aromatic rings. The summed E-state index contributed by atoms with van der Waals surface area (Å²) in [6.07, 6.45) is 1.65. The van der Waals surface area contributed by atoms with Crippen LogP contribution in [0.3, 0.4) is 0 Å². The molecule has 0 bridgehead atoms. The Morgan fingerprint density at radius 3 is 2.74 bits per heavy atom. The Bertz CT molecular complexity index is 551. The number of carbonyl (C=O) groups excluding carboxylic acids is 1. The molecule has 2 rings (SSSR count). The van der Waals surface area contributed by atoms with Crippen LogP contribution in [0, 0.1) is 6.92 Å². The van der Waals surface area contributed by atoms with Crippen molar-refractivity contribution >= 4 is 27.5 Å². The molecule has 1 heterocycles. The number of rotatable bonds is 5. The van der Waals surface area contributed by atoms with Crippen LogP contribution in [0.25, 0.3) is 0 Å². The predicted molar refractivity (Wildman–Crippen MR) is 75.7 cm³/mol. The zero-order valence-corrected chi connectivity index (χ0v) is 12.0. The molecule has 0 unspecified atom stereocenters. The second-order valence-electron chi connectivity index (χ2n) is 4.02. The van der Waals surface area contributed by atoms with E-state index in [2.05, 4.69) is 31.5 Å². The van der Waals surface area contributed by atoms with Crippen LogP contribution in [0.15, 0.2) is 39.4 Å². The highest BCUT2D eigenvalue weighted by Gasteiger charge is 2.04. The minimum Gasteiger partial charge on any atom is -0.445 e. The number of benzene rings is 1. The van der Waals surface area contributed by atoms with Gasteiger partial charge in [-0.25, -0.2) is 4.98 Å². The van der Waals surface area contributed by atoms with Crippen LogP contribution in [-0.2, 0) is 11.3 Å². The topological polar surface area (TPSA) is 67.2 Å². The Morgan fingerprint density at radius 1 is 1.37 bits per heavy atom. The lowest BCUT2D eigenvalue weighted by molar-refractivity contribution is -0.115. The summed E-state index contributed by atoms with van der Waals surface area (Å²) in [5.41, 5.74) is 0.766. The van der Waals surface area contributed by atoms with Crippen molar-refractivity contribution in [3.05, 3.63) is 46.6 Å². The third-order valence-corrected chi connectivity index (χ3v) is 2.89. The lowest BCUT2D eigenvalue weighted by Crippen LogP contribution is -2.27. The smallest absolute Gasteiger partial charge is 0.238 e. The number of halogens is 1. The van der Waals surface area contributed by atoms with Gasteiger partial charge in [0.15, 0.2) is 0 Å². The largest absolute Gasteiger partial charge is 0.445 e. The van der Waals surface area contributed by atoms with Crippen LogP contribution in [-0.4, -0.2) is 17.4 Å². The number of oxazole rings is 1. The van der Waals surface area contributed by atoms with Gasteiger partial charge in [-0.15, -0.1) is 0 Å². The van der Waals surface area contributed by atoms with Gasteiger partial charge in [-0.1, -0.05) is 15.9 Å². The molecule has 0 spiro atoms. The van der Waals surface area contributed by atoms with Crippen LogP contribution in [0.4, 0.5) is 5.69 Å². The second kappa shape index (κ2) is 6.49. The molecule has 1 aromatic heterocycles. The number of hydrogen-bond donors (Lipinski definition) is 2. The summed E-state index contributed by atoms with van der Waals surface area (Å²) in [5.74, 6) is 1.23. The van der Waals surface area contributed by atoms with Gasteiger partial charge in [0.05, 0.1) is 19.3 Å². The van der Waals surface area contributed by atoms with Gasteiger partial charge in [-0.3, -0.25) is 10.1 Å². The number of amides is 1. The number of nitrogens with zero attached hydrogens (tertiary/aromatic N) is 1. The van der Waals surface area contributed by atoms with Gasteiger partial charge in [0.25, 0.3) is 0 Å². The van der Waals surface area contributed by atoms with Crippen molar-refractivity contribution in [2.24, 2.45) is 0 Å². The summed E-state index contributed by atoms with van der Waals surface area (Å²) >= 11 is 3.34. The highest BCUT2D eigenvalue weighted by Crippen LogP contribution is 2.13. The van der Waals surface area contributed by atoms with E-state index in [1.807, 2.05) is 31.2 Å². The summed E-state index contributed by atoms with van der Waals surface area (Å²) in [6, 6.07) is 7.41. The number of hydrogen-bond acceptors (Lipinski definition) is 4. The molecule has 6 heteroatoms. The van der Waals surface area contributed by atoms with Crippen molar-refractivity contribution in [1.29, 1.82) is 0 Å². The Morgan fingerprint density at radius 2 is 2.11 bits per heavy atom. The van der Waals surface area contributed by atoms with Gasteiger partial charge in [0.1, 0.15) is 5.76 Å². The van der Waals surface area contributed by atoms with Crippen LogP contribution in [0.1, 0.15) is 11.7 Å². The zero-order chi connectivity index (χ0) is 13.7. The first-order valence-corrected chi connectivity index (χ1v) is 6.60. The Hall–Kier alpha value is -1.66. The summed E-state index contributed by atoms with van der Waals surface area (Å²) in [7, 11) is 0. The van der Waals surface area contributed by atoms with E-state index in [1.54, 1.807) is 6.20 Å². The number of carbonyl (C=O) groups is 1. The molecule has 0 aliphatic carbocycles. The average Bonchev–Trinajstić information content (AvgIpc) is 2.78. The summed E-state index contributed by atoms with van der Waals surface area (Å²) in [5, 5.41) is 5.76. The molecule has 0 saturated heterocycles. The molecule has 0 aliphatic heterocycles. The Kier molecular flexibility index (Phi) is 4.70. The standard InChI is InChI=1S/C13H14BrN3O2/c1-9-6-16-13(19-9)8-15-7-12(18)17-11-4-2-10(14)3-5-11/h2-6,15H,7-8H2,1H3,(H,17,18).